The van der Waals surface area contributed by atoms with Gasteiger partial charge in [-0.1, -0.05) is 18.2 Å². The van der Waals surface area contributed by atoms with Crippen LogP contribution in [0.3, 0.4) is 0 Å². The first-order valence-electron chi connectivity index (χ1n) is 3.34. The van der Waals surface area contributed by atoms with E-state index in [1.54, 1.807) is 6.07 Å². The summed E-state index contributed by atoms with van der Waals surface area (Å²) in [4.78, 5) is 0. The Kier molecular flexibility index (Phi) is 4.78. The minimum atomic E-state index is -1.39. The highest BCUT2D eigenvalue weighted by Crippen LogP contribution is 2.18. The summed E-state index contributed by atoms with van der Waals surface area (Å²) in [5.41, 5.74) is 5.07. The minimum absolute atomic E-state index is 0. The Balaban J connectivity index is 0.00000121. The fourth-order valence-corrected chi connectivity index (χ4v) is 0.856. The van der Waals surface area contributed by atoms with Crippen molar-refractivity contribution in [3.8, 4) is 0 Å². The summed E-state index contributed by atoms with van der Waals surface area (Å²) >= 11 is 0. The van der Waals surface area contributed by atoms with Gasteiger partial charge in [0.15, 0.2) is 0 Å². The number of hydrogen-bond donors (Lipinski definition) is 1. The van der Waals surface area contributed by atoms with Crippen molar-refractivity contribution in [3.63, 3.8) is 0 Å². The molecule has 0 aliphatic rings. The highest BCUT2D eigenvalue weighted by Gasteiger charge is 2.10. The smallest absolute Gasteiger partial charge is 0.140 e. The topological polar surface area (TPSA) is 26.0 Å². The van der Waals surface area contributed by atoms with Gasteiger partial charge in [-0.2, -0.15) is 0 Å². The fourth-order valence-electron chi connectivity index (χ4n) is 0.856. The highest BCUT2D eigenvalue weighted by molar-refractivity contribution is 5.85. The predicted molar refractivity (Wildman–Crippen MR) is 46.6 cm³/mol. The van der Waals surface area contributed by atoms with Crippen LogP contribution in [0.5, 0.6) is 0 Å². The second kappa shape index (κ2) is 5.06. The number of nitrogens with two attached hydrogens (primary N) is 1. The molecule has 1 aromatic carbocycles. The lowest BCUT2D eigenvalue weighted by atomic mass is 10.1. The SMILES string of the molecule is Cl.NCC(F)c1ccccc1F. The summed E-state index contributed by atoms with van der Waals surface area (Å²) < 4.78 is 25.5. The second-order valence-corrected chi connectivity index (χ2v) is 2.22. The fraction of sp³-hybridized carbons (Fsp3) is 0.250. The van der Waals surface area contributed by atoms with Gasteiger partial charge in [0.05, 0.1) is 0 Å². The monoisotopic (exact) mass is 193 g/mol. The molecule has 2 N–H and O–H groups in total. The molecule has 0 fully saturated rings. The van der Waals surface area contributed by atoms with Gasteiger partial charge in [0.25, 0.3) is 0 Å². The molecular weight excluding hydrogens is 184 g/mol. The van der Waals surface area contributed by atoms with Gasteiger partial charge in [0.2, 0.25) is 0 Å². The van der Waals surface area contributed by atoms with Gasteiger partial charge in [-0.05, 0) is 6.07 Å². The van der Waals surface area contributed by atoms with E-state index in [9.17, 15) is 8.78 Å². The van der Waals surface area contributed by atoms with Gasteiger partial charge < -0.3 is 5.73 Å². The Morgan fingerprint density at radius 3 is 2.42 bits per heavy atom. The maximum atomic E-state index is 12.8. The van der Waals surface area contributed by atoms with Crippen LogP contribution >= 0.6 is 12.4 Å². The van der Waals surface area contributed by atoms with Crippen LogP contribution in [0.1, 0.15) is 11.7 Å². The zero-order chi connectivity index (χ0) is 8.27. The lowest BCUT2D eigenvalue weighted by Gasteiger charge is -2.05. The van der Waals surface area contributed by atoms with Gasteiger partial charge in [-0.15, -0.1) is 12.4 Å². The van der Waals surface area contributed by atoms with Crippen molar-refractivity contribution in [2.24, 2.45) is 5.73 Å². The number of alkyl halides is 1. The Morgan fingerprint density at radius 2 is 1.92 bits per heavy atom. The van der Waals surface area contributed by atoms with Crippen LogP contribution in [-0.4, -0.2) is 6.54 Å². The molecule has 0 amide bonds. The molecule has 1 rings (SSSR count). The quantitative estimate of drug-likeness (QED) is 0.766. The van der Waals surface area contributed by atoms with Gasteiger partial charge in [-0.3, -0.25) is 0 Å². The molecule has 0 aliphatic carbocycles. The Labute approximate surface area is 76.0 Å². The van der Waals surface area contributed by atoms with Crippen molar-refractivity contribution in [3.05, 3.63) is 35.6 Å². The molecule has 1 atom stereocenters. The molecule has 4 heteroatoms. The average Bonchev–Trinajstić information content (AvgIpc) is 2.04. The maximum absolute atomic E-state index is 12.8. The molecule has 0 aromatic heterocycles. The molecule has 0 aliphatic heterocycles. The molecule has 1 unspecified atom stereocenters. The molecule has 0 spiro atoms. The average molecular weight is 194 g/mol. The first kappa shape index (κ1) is 11.3. The van der Waals surface area contributed by atoms with Crippen molar-refractivity contribution in [2.45, 2.75) is 6.17 Å². The summed E-state index contributed by atoms with van der Waals surface area (Å²) in [7, 11) is 0. The zero-order valence-electron chi connectivity index (χ0n) is 6.34. The van der Waals surface area contributed by atoms with E-state index in [1.807, 2.05) is 0 Å². The van der Waals surface area contributed by atoms with E-state index in [4.69, 9.17) is 5.73 Å². The number of rotatable bonds is 2. The molecule has 0 saturated heterocycles. The van der Waals surface area contributed by atoms with Crippen LogP contribution in [0.15, 0.2) is 24.3 Å². The first-order valence-corrected chi connectivity index (χ1v) is 3.34. The maximum Gasteiger partial charge on any atom is 0.140 e. The molecule has 0 heterocycles. The molecule has 1 nitrogen and oxygen atoms in total. The third-order valence-electron chi connectivity index (χ3n) is 1.45. The lowest BCUT2D eigenvalue weighted by Crippen LogP contribution is -2.08. The van der Waals surface area contributed by atoms with Crippen LogP contribution < -0.4 is 5.73 Å². The van der Waals surface area contributed by atoms with E-state index >= 15 is 0 Å². The third kappa shape index (κ3) is 2.43. The van der Waals surface area contributed by atoms with E-state index in [0.29, 0.717) is 0 Å². The van der Waals surface area contributed by atoms with Crippen LogP contribution in [0, 0.1) is 5.82 Å². The van der Waals surface area contributed by atoms with Gasteiger partial charge >= 0.3 is 0 Å². The van der Waals surface area contributed by atoms with Crippen LogP contribution in [0.2, 0.25) is 0 Å². The van der Waals surface area contributed by atoms with Crippen molar-refractivity contribution in [1.82, 2.24) is 0 Å². The van der Waals surface area contributed by atoms with Crippen LogP contribution in [0.4, 0.5) is 8.78 Å². The van der Waals surface area contributed by atoms with E-state index in [2.05, 4.69) is 0 Å². The molecule has 0 bridgehead atoms. The molecule has 1 aromatic rings. The van der Waals surface area contributed by atoms with Crippen molar-refractivity contribution < 1.29 is 8.78 Å². The summed E-state index contributed by atoms with van der Waals surface area (Å²) in [6, 6.07) is 5.72. The summed E-state index contributed by atoms with van der Waals surface area (Å²) in [5, 5.41) is 0. The minimum Gasteiger partial charge on any atom is -0.327 e. The number of halogens is 3. The van der Waals surface area contributed by atoms with Crippen LogP contribution in [0.25, 0.3) is 0 Å². The van der Waals surface area contributed by atoms with Gasteiger partial charge in [-0.25, -0.2) is 8.78 Å². The zero-order valence-corrected chi connectivity index (χ0v) is 7.15. The number of hydrogen-bond acceptors (Lipinski definition) is 1. The van der Waals surface area contributed by atoms with Crippen molar-refractivity contribution in [1.29, 1.82) is 0 Å². The third-order valence-corrected chi connectivity index (χ3v) is 1.45. The summed E-state index contributed by atoms with van der Waals surface area (Å²) in [6.07, 6.45) is -1.39. The van der Waals surface area contributed by atoms with Gasteiger partial charge in [0, 0.05) is 12.1 Å². The normalized spacial score (nSPS) is 11.9. The largest absolute Gasteiger partial charge is 0.327 e. The van der Waals surface area contributed by atoms with Crippen molar-refractivity contribution >= 4 is 12.4 Å². The standard InChI is InChI=1S/C8H9F2N.ClH/c9-7-4-2-1-3-6(7)8(10)5-11;/h1-4,8H,5,11H2;1H. The molecular formula is C8H10ClF2N. The van der Waals surface area contributed by atoms with E-state index < -0.39 is 12.0 Å². The lowest BCUT2D eigenvalue weighted by molar-refractivity contribution is 0.341. The van der Waals surface area contributed by atoms with E-state index in [1.165, 1.54) is 18.2 Å². The first-order chi connectivity index (χ1) is 5.25. The molecule has 0 saturated carbocycles. The van der Waals surface area contributed by atoms with E-state index in [0.717, 1.165) is 0 Å². The summed E-state index contributed by atoms with van der Waals surface area (Å²) in [6.45, 7) is -0.180. The van der Waals surface area contributed by atoms with E-state index in [-0.39, 0.29) is 24.5 Å². The highest BCUT2D eigenvalue weighted by atomic mass is 35.5. The second-order valence-electron chi connectivity index (χ2n) is 2.22. The Bertz CT molecular complexity index is 242. The molecule has 0 radical (unpaired) electrons. The van der Waals surface area contributed by atoms with Crippen molar-refractivity contribution in [2.75, 3.05) is 6.54 Å². The van der Waals surface area contributed by atoms with Crippen LogP contribution in [-0.2, 0) is 0 Å². The number of benzene rings is 1. The predicted octanol–water partition coefficient (Wildman–Crippen LogP) is 2.22. The molecule has 68 valence electrons. The summed E-state index contributed by atoms with van der Waals surface area (Å²) in [5.74, 6) is -0.537. The Morgan fingerprint density at radius 1 is 1.33 bits per heavy atom. The van der Waals surface area contributed by atoms with Gasteiger partial charge in [0.1, 0.15) is 12.0 Å². The molecule has 12 heavy (non-hydrogen) atoms. The Hall–Kier alpha value is -0.670.